The molecule has 0 bridgehead atoms. The molecule has 2 aromatic rings. The molecule has 2 rings (SSSR count). The lowest BCUT2D eigenvalue weighted by molar-refractivity contribution is 0.437. The fourth-order valence-corrected chi connectivity index (χ4v) is 2.20. The van der Waals surface area contributed by atoms with E-state index in [9.17, 15) is 0 Å². The molecule has 21 heavy (non-hydrogen) atoms. The van der Waals surface area contributed by atoms with Crippen molar-refractivity contribution in [2.24, 2.45) is 5.41 Å². The molecular formula is C14H14BrCl2N3O. The van der Waals surface area contributed by atoms with Crippen LogP contribution in [0.2, 0.25) is 10.0 Å². The van der Waals surface area contributed by atoms with E-state index in [-0.39, 0.29) is 5.41 Å². The van der Waals surface area contributed by atoms with Gasteiger partial charge in [0.25, 0.3) is 0 Å². The first-order chi connectivity index (χ1) is 9.79. The van der Waals surface area contributed by atoms with Crippen molar-refractivity contribution >= 4 is 45.0 Å². The summed E-state index contributed by atoms with van der Waals surface area (Å²) in [6.07, 6.45) is 3.28. The molecule has 112 valence electrons. The molecule has 0 atom stereocenters. The molecule has 0 amide bonds. The van der Waals surface area contributed by atoms with Gasteiger partial charge >= 0.3 is 0 Å². The lowest BCUT2D eigenvalue weighted by Crippen LogP contribution is -2.14. The Morgan fingerprint density at radius 1 is 1.29 bits per heavy atom. The quantitative estimate of drug-likeness (QED) is 0.673. The summed E-state index contributed by atoms with van der Waals surface area (Å²) < 4.78 is 8.32. The van der Waals surface area contributed by atoms with Crippen LogP contribution in [-0.4, -0.2) is 15.0 Å². The summed E-state index contributed by atoms with van der Waals surface area (Å²) in [5, 5.41) is 8.76. The number of aromatic nitrogens is 3. The Labute approximate surface area is 141 Å². The molecule has 1 heterocycles. The van der Waals surface area contributed by atoms with Crippen LogP contribution in [0, 0.1) is 5.41 Å². The third-order valence-corrected chi connectivity index (χ3v) is 4.64. The zero-order chi connectivity index (χ0) is 15.6. The van der Waals surface area contributed by atoms with Gasteiger partial charge in [0.2, 0.25) is 5.88 Å². The van der Waals surface area contributed by atoms with Crippen LogP contribution in [-0.2, 0) is 0 Å². The van der Waals surface area contributed by atoms with Gasteiger partial charge in [-0.15, -0.1) is 5.10 Å². The van der Waals surface area contributed by atoms with E-state index in [2.05, 4.69) is 47.0 Å². The van der Waals surface area contributed by atoms with Gasteiger partial charge in [-0.05, 0) is 39.5 Å². The monoisotopic (exact) mass is 389 g/mol. The Bertz CT molecular complexity index is 663. The van der Waals surface area contributed by atoms with Crippen molar-refractivity contribution in [2.45, 2.75) is 20.8 Å². The van der Waals surface area contributed by atoms with Crippen LogP contribution in [0.1, 0.15) is 20.8 Å². The fraction of sp³-hybridized carbons (Fsp3) is 0.286. The maximum Gasteiger partial charge on any atom is 0.232 e. The molecule has 4 nitrogen and oxygen atoms in total. The van der Waals surface area contributed by atoms with Gasteiger partial charge in [-0.3, -0.25) is 0 Å². The Balaban J connectivity index is 2.47. The van der Waals surface area contributed by atoms with Gasteiger partial charge in [0.05, 0.1) is 21.9 Å². The average molecular weight is 391 g/mol. The lowest BCUT2D eigenvalue weighted by Gasteiger charge is -2.22. The second-order valence-corrected chi connectivity index (χ2v) is 7.03. The van der Waals surface area contributed by atoms with Crippen molar-refractivity contribution in [3.63, 3.8) is 0 Å². The SMILES string of the molecule is CC(C)(C)/C(Br)=C(\Oc1ccc(Cl)cc1Cl)n1ccnn1. The first-order valence-corrected chi connectivity index (χ1v) is 7.74. The van der Waals surface area contributed by atoms with Gasteiger partial charge in [-0.1, -0.05) is 49.2 Å². The molecule has 7 heteroatoms. The summed E-state index contributed by atoms with van der Waals surface area (Å²) in [7, 11) is 0. The molecular weight excluding hydrogens is 377 g/mol. The van der Waals surface area contributed by atoms with Crippen LogP contribution in [0.4, 0.5) is 0 Å². The highest BCUT2D eigenvalue weighted by molar-refractivity contribution is 9.11. The summed E-state index contributed by atoms with van der Waals surface area (Å²) in [5.41, 5.74) is -0.166. The number of allylic oxidation sites excluding steroid dienone is 1. The molecule has 0 saturated heterocycles. The number of halogens is 3. The summed E-state index contributed by atoms with van der Waals surface area (Å²) in [6.45, 7) is 6.17. The number of hydrogen-bond donors (Lipinski definition) is 0. The lowest BCUT2D eigenvalue weighted by atomic mass is 9.96. The molecule has 1 aromatic heterocycles. The second-order valence-electron chi connectivity index (χ2n) is 5.39. The van der Waals surface area contributed by atoms with Crippen LogP contribution in [0.3, 0.4) is 0 Å². The zero-order valence-corrected chi connectivity index (χ0v) is 14.9. The molecule has 0 aliphatic heterocycles. The number of benzene rings is 1. The molecule has 0 aliphatic rings. The minimum absolute atomic E-state index is 0.166. The van der Waals surface area contributed by atoms with Crippen molar-refractivity contribution in [2.75, 3.05) is 0 Å². The van der Waals surface area contributed by atoms with Crippen LogP contribution in [0.5, 0.6) is 5.75 Å². The molecule has 1 aromatic carbocycles. The van der Waals surface area contributed by atoms with E-state index in [1.165, 1.54) is 0 Å². The molecule has 0 spiro atoms. The molecule has 0 fully saturated rings. The van der Waals surface area contributed by atoms with Gasteiger partial charge in [0, 0.05) is 5.02 Å². The number of rotatable bonds is 3. The molecule has 0 radical (unpaired) electrons. The maximum absolute atomic E-state index is 6.16. The summed E-state index contributed by atoms with van der Waals surface area (Å²) in [5.74, 6) is 0.997. The highest BCUT2D eigenvalue weighted by Gasteiger charge is 2.23. The minimum atomic E-state index is -0.166. The topological polar surface area (TPSA) is 39.9 Å². The largest absolute Gasteiger partial charge is 0.436 e. The predicted molar refractivity (Wildman–Crippen MR) is 88.7 cm³/mol. The Morgan fingerprint density at radius 2 is 2.00 bits per heavy atom. The van der Waals surface area contributed by atoms with Crippen LogP contribution >= 0.6 is 39.1 Å². The molecule has 0 aliphatic carbocycles. The summed E-state index contributed by atoms with van der Waals surface area (Å²) >= 11 is 15.6. The summed E-state index contributed by atoms with van der Waals surface area (Å²) in [6, 6.07) is 5.06. The van der Waals surface area contributed by atoms with E-state index >= 15 is 0 Å². The highest BCUT2D eigenvalue weighted by Crippen LogP contribution is 2.37. The van der Waals surface area contributed by atoms with Crippen LogP contribution < -0.4 is 4.74 Å². The number of hydrogen-bond acceptors (Lipinski definition) is 3. The average Bonchev–Trinajstić information content (AvgIpc) is 2.90. The Hall–Kier alpha value is -1.04. The minimum Gasteiger partial charge on any atom is -0.436 e. The predicted octanol–water partition coefficient (Wildman–Crippen LogP) is 5.23. The fourth-order valence-electron chi connectivity index (χ4n) is 1.49. The van der Waals surface area contributed by atoms with Gasteiger partial charge in [-0.25, -0.2) is 0 Å². The van der Waals surface area contributed by atoms with Gasteiger partial charge in [0.15, 0.2) is 0 Å². The van der Waals surface area contributed by atoms with Crippen molar-refractivity contribution in [1.82, 2.24) is 15.0 Å². The van der Waals surface area contributed by atoms with E-state index < -0.39 is 0 Å². The Kier molecular flexibility index (Phi) is 4.96. The Morgan fingerprint density at radius 3 is 2.52 bits per heavy atom. The first-order valence-electron chi connectivity index (χ1n) is 6.19. The normalized spacial score (nSPS) is 13.0. The van der Waals surface area contributed by atoms with Gasteiger partial charge in [-0.2, -0.15) is 4.68 Å². The van der Waals surface area contributed by atoms with E-state index in [4.69, 9.17) is 27.9 Å². The van der Waals surface area contributed by atoms with E-state index in [0.717, 1.165) is 4.48 Å². The molecule has 0 saturated carbocycles. The van der Waals surface area contributed by atoms with Crippen molar-refractivity contribution in [3.05, 3.63) is 45.1 Å². The molecule has 0 N–H and O–H groups in total. The van der Waals surface area contributed by atoms with E-state index in [1.54, 1.807) is 35.3 Å². The van der Waals surface area contributed by atoms with Crippen LogP contribution in [0.25, 0.3) is 5.88 Å². The van der Waals surface area contributed by atoms with Crippen molar-refractivity contribution in [1.29, 1.82) is 0 Å². The van der Waals surface area contributed by atoms with Crippen molar-refractivity contribution in [3.8, 4) is 5.75 Å². The third-order valence-electron chi connectivity index (χ3n) is 2.58. The van der Waals surface area contributed by atoms with Gasteiger partial charge in [0.1, 0.15) is 5.75 Å². The third kappa shape index (κ3) is 3.99. The number of ether oxygens (including phenoxy) is 1. The van der Waals surface area contributed by atoms with Crippen LogP contribution in [0.15, 0.2) is 35.1 Å². The molecule has 0 unspecified atom stereocenters. The number of nitrogens with zero attached hydrogens (tertiary/aromatic N) is 3. The second kappa shape index (κ2) is 6.38. The first kappa shape index (κ1) is 16.3. The van der Waals surface area contributed by atoms with E-state index in [0.29, 0.717) is 21.7 Å². The van der Waals surface area contributed by atoms with E-state index in [1.807, 2.05) is 0 Å². The van der Waals surface area contributed by atoms with Crippen molar-refractivity contribution < 1.29 is 4.74 Å². The standard InChI is InChI=1S/C14H14BrCl2N3O/c1-14(2,3)12(15)13(20-7-6-18-19-20)21-11-5-4-9(16)8-10(11)17/h4-8H,1-3H3/b13-12+. The highest BCUT2D eigenvalue weighted by atomic mass is 79.9. The smallest absolute Gasteiger partial charge is 0.232 e. The summed E-state index contributed by atoms with van der Waals surface area (Å²) in [4.78, 5) is 0. The maximum atomic E-state index is 6.16. The van der Waals surface area contributed by atoms with Gasteiger partial charge < -0.3 is 4.74 Å². The zero-order valence-electron chi connectivity index (χ0n) is 11.8.